The Kier molecular flexibility index (Phi) is 7.48. The van der Waals surface area contributed by atoms with Crippen LogP contribution in [0.3, 0.4) is 0 Å². The molecule has 1 unspecified atom stereocenters. The molecule has 0 aromatic rings. The van der Waals surface area contributed by atoms with Crippen molar-refractivity contribution in [3.8, 4) is 0 Å². The molecular formula is C11H22O3. The molecule has 0 bridgehead atoms. The zero-order chi connectivity index (χ0) is 11.0. The molecule has 2 N–H and O–H groups in total. The summed E-state index contributed by atoms with van der Waals surface area (Å²) in [6, 6.07) is 0. The van der Waals surface area contributed by atoms with Crippen molar-refractivity contribution in [3.63, 3.8) is 0 Å². The second kappa shape index (κ2) is 7.80. The molecule has 0 saturated heterocycles. The van der Waals surface area contributed by atoms with E-state index in [2.05, 4.69) is 6.92 Å². The maximum atomic E-state index is 10.8. The predicted octanol–water partition coefficient (Wildman–Crippen LogP) is 2.43. The topological polar surface area (TPSA) is 57.5 Å². The van der Waals surface area contributed by atoms with E-state index in [-0.39, 0.29) is 5.92 Å². The SMILES string of the molecule is CCCCCC[C@@H](CC(C)O)C(=O)O. The Balaban J connectivity index is 3.68. The minimum atomic E-state index is -0.776. The van der Waals surface area contributed by atoms with Crippen molar-refractivity contribution in [2.75, 3.05) is 0 Å². The third-order valence-corrected chi connectivity index (χ3v) is 2.38. The zero-order valence-electron chi connectivity index (χ0n) is 9.20. The van der Waals surface area contributed by atoms with Crippen molar-refractivity contribution in [3.05, 3.63) is 0 Å². The minimum Gasteiger partial charge on any atom is -0.481 e. The largest absolute Gasteiger partial charge is 0.481 e. The average molecular weight is 202 g/mol. The van der Waals surface area contributed by atoms with Gasteiger partial charge in [-0.15, -0.1) is 0 Å². The lowest BCUT2D eigenvalue weighted by Gasteiger charge is -2.13. The molecule has 0 radical (unpaired) electrons. The van der Waals surface area contributed by atoms with Gasteiger partial charge >= 0.3 is 5.97 Å². The van der Waals surface area contributed by atoms with Gasteiger partial charge in [0.2, 0.25) is 0 Å². The van der Waals surface area contributed by atoms with Gasteiger partial charge in [0.1, 0.15) is 0 Å². The molecule has 2 atom stereocenters. The quantitative estimate of drug-likeness (QED) is 0.594. The summed E-state index contributed by atoms with van der Waals surface area (Å²) in [5, 5.41) is 18.0. The first kappa shape index (κ1) is 13.4. The van der Waals surface area contributed by atoms with Crippen LogP contribution in [0, 0.1) is 5.92 Å². The van der Waals surface area contributed by atoms with Crippen LogP contribution in [0.5, 0.6) is 0 Å². The zero-order valence-corrected chi connectivity index (χ0v) is 9.20. The maximum Gasteiger partial charge on any atom is 0.306 e. The van der Waals surface area contributed by atoms with Crippen LogP contribution < -0.4 is 0 Å². The lowest BCUT2D eigenvalue weighted by atomic mass is 9.95. The van der Waals surface area contributed by atoms with Gasteiger partial charge in [0.25, 0.3) is 0 Å². The molecule has 0 saturated carbocycles. The van der Waals surface area contributed by atoms with Gasteiger partial charge in [0.05, 0.1) is 12.0 Å². The summed E-state index contributed by atoms with van der Waals surface area (Å²) in [6.45, 7) is 3.77. The molecular weight excluding hydrogens is 180 g/mol. The highest BCUT2D eigenvalue weighted by atomic mass is 16.4. The van der Waals surface area contributed by atoms with E-state index in [4.69, 9.17) is 10.2 Å². The van der Waals surface area contributed by atoms with Gasteiger partial charge in [0, 0.05) is 0 Å². The number of unbranched alkanes of at least 4 members (excludes halogenated alkanes) is 3. The Labute approximate surface area is 86.1 Å². The second-order valence-electron chi connectivity index (χ2n) is 3.97. The van der Waals surface area contributed by atoms with Crippen LogP contribution in [0.15, 0.2) is 0 Å². The molecule has 3 nitrogen and oxygen atoms in total. The summed E-state index contributed by atoms with van der Waals surface area (Å²) < 4.78 is 0. The van der Waals surface area contributed by atoms with Crippen molar-refractivity contribution in [1.82, 2.24) is 0 Å². The molecule has 0 amide bonds. The number of hydrogen-bond acceptors (Lipinski definition) is 2. The molecule has 84 valence electrons. The fourth-order valence-electron chi connectivity index (χ4n) is 1.57. The van der Waals surface area contributed by atoms with Gasteiger partial charge in [-0.25, -0.2) is 0 Å². The summed E-state index contributed by atoms with van der Waals surface area (Å²) in [6.07, 6.45) is 4.94. The monoisotopic (exact) mass is 202 g/mol. The molecule has 0 fully saturated rings. The highest BCUT2D eigenvalue weighted by molar-refractivity contribution is 5.69. The first-order chi connectivity index (χ1) is 6.57. The summed E-state index contributed by atoms with van der Waals surface area (Å²) in [5.41, 5.74) is 0. The number of carbonyl (C=O) groups is 1. The molecule has 0 spiro atoms. The average Bonchev–Trinajstić information content (AvgIpc) is 2.09. The molecule has 3 heteroatoms. The van der Waals surface area contributed by atoms with Crippen molar-refractivity contribution in [2.24, 2.45) is 5.92 Å². The Hall–Kier alpha value is -0.570. The normalized spacial score (nSPS) is 15.1. The van der Waals surface area contributed by atoms with E-state index in [0.717, 1.165) is 19.3 Å². The minimum absolute atomic E-state index is 0.369. The molecule has 0 aliphatic rings. The van der Waals surface area contributed by atoms with Crippen molar-refractivity contribution in [2.45, 2.75) is 58.5 Å². The number of rotatable bonds is 8. The molecule has 0 heterocycles. The molecule has 0 aliphatic carbocycles. The molecule has 0 aliphatic heterocycles. The first-order valence-corrected chi connectivity index (χ1v) is 5.48. The Bertz CT molecular complexity index is 155. The number of carboxylic acid groups (broad SMARTS) is 1. The van der Waals surface area contributed by atoms with Crippen LogP contribution in [0.4, 0.5) is 0 Å². The maximum absolute atomic E-state index is 10.8. The van der Waals surface area contributed by atoms with E-state index in [1.165, 1.54) is 6.42 Å². The van der Waals surface area contributed by atoms with Crippen LogP contribution >= 0.6 is 0 Å². The lowest BCUT2D eigenvalue weighted by Crippen LogP contribution is -2.19. The van der Waals surface area contributed by atoms with Gasteiger partial charge < -0.3 is 10.2 Å². The molecule has 0 aromatic carbocycles. The van der Waals surface area contributed by atoms with Gasteiger partial charge in [-0.05, 0) is 19.8 Å². The Morgan fingerprint density at radius 2 is 1.93 bits per heavy atom. The third-order valence-electron chi connectivity index (χ3n) is 2.38. The number of aliphatic carboxylic acids is 1. The van der Waals surface area contributed by atoms with Gasteiger partial charge in [-0.1, -0.05) is 32.6 Å². The fraction of sp³-hybridized carbons (Fsp3) is 0.909. The summed E-state index contributed by atoms with van der Waals surface area (Å²) in [4.78, 5) is 10.8. The van der Waals surface area contributed by atoms with Gasteiger partial charge in [-0.3, -0.25) is 4.79 Å². The summed E-state index contributed by atoms with van der Waals surface area (Å²) >= 11 is 0. The van der Waals surface area contributed by atoms with Gasteiger partial charge in [0.15, 0.2) is 0 Å². The van der Waals surface area contributed by atoms with Crippen molar-refractivity contribution >= 4 is 5.97 Å². The van der Waals surface area contributed by atoms with Crippen molar-refractivity contribution < 1.29 is 15.0 Å². The van der Waals surface area contributed by atoms with E-state index < -0.39 is 12.1 Å². The number of aliphatic hydroxyl groups is 1. The number of carboxylic acids is 1. The van der Waals surface area contributed by atoms with Crippen LogP contribution in [0.2, 0.25) is 0 Å². The fourth-order valence-corrected chi connectivity index (χ4v) is 1.57. The molecule has 0 aromatic heterocycles. The van der Waals surface area contributed by atoms with Crippen molar-refractivity contribution in [1.29, 1.82) is 0 Å². The van der Waals surface area contributed by atoms with E-state index in [1.807, 2.05) is 0 Å². The summed E-state index contributed by atoms with van der Waals surface area (Å²) in [5.74, 6) is -1.14. The standard InChI is InChI=1S/C11H22O3/c1-3-4-5-6-7-10(11(13)14)8-9(2)12/h9-10,12H,3-8H2,1-2H3,(H,13,14)/t9?,10-/m0/s1. The highest BCUT2D eigenvalue weighted by Crippen LogP contribution is 2.16. The lowest BCUT2D eigenvalue weighted by molar-refractivity contribution is -0.143. The number of aliphatic hydroxyl groups excluding tert-OH is 1. The Morgan fingerprint density at radius 3 is 2.36 bits per heavy atom. The third kappa shape index (κ3) is 6.89. The van der Waals surface area contributed by atoms with E-state index >= 15 is 0 Å². The van der Waals surface area contributed by atoms with Crippen LogP contribution in [0.1, 0.15) is 52.4 Å². The van der Waals surface area contributed by atoms with Crippen LogP contribution in [0.25, 0.3) is 0 Å². The van der Waals surface area contributed by atoms with Crippen LogP contribution in [-0.2, 0) is 4.79 Å². The second-order valence-corrected chi connectivity index (χ2v) is 3.97. The van der Waals surface area contributed by atoms with E-state index in [1.54, 1.807) is 6.92 Å². The molecule has 14 heavy (non-hydrogen) atoms. The summed E-state index contributed by atoms with van der Waals surface area (Å²) in [7, 11) is 0. The first-order valence-electron chi connectivity index (χ1n) is 5.48. The van der Waals surface area contributed by atoms with Gasteiger partial charge in [-0.2, -0.15) is 0 Å². The highest BCUT2D eigenvalue weighted by Gasteiger charge is 2.18. The van der Waals surface area contributed by atoms with E-state index in [9.17, 15) is 4.79 Å². The smallest absolute Gasteiger partial charge is 0.306 e. The Morgan fingerprint density at radius 1 is 1.29 bits per heavy atom. The van der Waals surface area contributed by atoms with E-state index in [0.29, 0.717) is 12.8 Å². The number of hydrogen-bond donors (Lipinski definition) is 2. The van der Waals surface area contributed by atoms with Crippen LogP contribution in [-0.4, -0.2) is 22.3 Å². The molecule has 0 rings (SSSR count). The predicted molar refractivity (Wildman–Crippen MR) is 56.2 cm³/mol.